The Bertz CT molecular complexity index is 1170. The van der Waals surface area contributed by atoms with Crippen LogP contribution in [-0.2, 0) is 6.61 Å². The summed E-state index contributed by atoms with van der Waals surface area (Å²) in [6.45, 7) is 4.40. The normalized spacial score (nSPS) is 18.4. The minimum Gasteiger partial charge on any atom is -0.491 e. The van der Waals surface area contributed by atoms with Gasteiger partial charge in [0.05, 0.1) is 12.7 Å². The summed E-state index contributed by atoms with van der Waals surface area (Å²) in [7, 11) is 0. The monoisotopic (exact) mass is 512 g/mol. The Balaban J connectivity index is 1.39. The van der Waals surface area contributed by atoms with E-state index in [1.165, 1.54) is 6.07 Å². The molecule has 1 atom stereocenters. The molecule has 0 saturated heterocycles. The minimum atomic E-state index is -0.843. The smallest absolute Gasteiger partial charge is 0.166 e. The average Bonchev–Trinajstić information content (AvgIpc) is 2.91. The Kier molecular flexibility index (Phi) is 9.14. The molecule has 0 amide bonds. The summed E-state index contributed by atoms with van der Waals surface area (Å²) in [4.78, 5) is 0. The zero-order valence-electron chi connectivity index (χ0n) is 21.5. The van der Waals surface area contributed by atoms with Crippen molar-refractivity contribution in [2.45, 2.75) is 71.0 Å². The van der Waals surface area contributed by atoms with E-state index in [4.69, 9.17) is 9.47 Å². The molecule has 1 unspecified atom stereocenters. The lowest BCUT2D eigenvalue weighted by Gasteiger charge is -2.32. The van der Waals surface area contributed by atoms with Gasteiger partial charge in [-0.2, -0.15) is 0 Å². The molecule has 198 valence electrons. The summed E-state index contributed by atoms with van der Waals surface area (Å²) >= 11 is 0. The molecule has 6 heteroatoms. The van der Waals surface area contributed by atoms with Crippen LogP contribution in [-0.4, -0.2) is 17.8 Å². The van der Waals surface area contributed by atoms with Crippen LogP contribution in [0, 0.1) is 23.4 Å². The van der Waals surface area contributed by atoms with E-state index in [9.17, 15) is 9.50 Å². The Morgan fingerprint density at radius 3 is 2.24 bits per heavy atom. The maximum atomic E-state index is 15.1. The van der Waals surface area contributed by atoms with E-state index in [1.807, 2.05) is 0 Å². The molecule has 0 aliphatic heterocycles. The van der Waals surface area contributed by atoms with E-state index >= 15 is 8.78 Å². The lowest BCUT2D eigenvalue weighted by molar-refractivity contribution is 0.0727. The van der Waals surface area contributed by atoms with Crippen molar-refractivity contribution >= 4 is 0 Å². The molecule has 0 aromatic heterocycles. The first kappa shape index (κ1) is 27.1. The van der Waals surface area contributed by atoms with Gasteiger partial charge in [-0.1, -0.05) is 43.7 Å². The van der Waals surface area contributed by atoms with Crippen LogP contribution in [0.15, 0.2) is 54.6 Å². The highest BCUT2D eigenvalue weighted by atomic mass is 19.2. The zero-order valence-corrected chi connectivity index (χ0v) is 21.5. The highest BCUT2D eigenvalue weighted by molar-refractivity contribution is 5.65. The van der Waals surface area contributed by atoms with Gasteiger partial charge in [0.15, 0.2) is 23.2 Å². The number of aliphatic hydroxyl groups is 1. The molecule has 1 aliphatic carbocycles. The maximum absolute atomic E-state index is 15.1. The second-order valence-electron chi connectivity index (χ2n) is 9.81. The number of benzene rings is 3. The van der Waals surface area contributed by atoms with E-state index in [-0.39, 0.29) is 35.9 Å². The highest BCUT2D eigenvalue weighted by Gasteiger charge is 2.29. The summed E-state index contributed by atoms with van der Waals surface area (Å²) in [6.07, 6.45) is 4.61. The SMILES string of the molecule is CCCC(O)C1CCC(c2ccc(-c3ccc(OCc4ccc(OCC)c(F)c4)cc3)c(F)c2F)CC1. The second-order valence-corrected chi connectivity index (χ2v) is 9.81. The molecule has 3 aromatic rings. The molecule has 3 nitrogen and oxygen atoms in total. The van der Waals surface area contributed by atoms with Crippen LogP contribution in [0.2, 0.25) is 0 Å². The van der Waals surface area contributed by atoms with Gasteiger partial charge in [-0.05, 0) is 91.8 Å². The lowest BCUT2D eigenvalue weighted by atomic mass is 9.75. The van der Waals surface area contributed by atoms with Crippen molar-refractivity contribution in [3.63, 3.8) is 0 Å². The van der Waals surface area contributed by atoms with Gasteiger partial charge >= 0.3 is 0 Å². The van der Waals surface area contributed by atoms with Crippen LogP contribution in [0.25, 0.3) is 11.1 Å². The molecule has 4 rings (SSSR count). The van der Waals surface area contributed by atoms with Crippen molar-refractivity contribution in [1.82, 2.24) is 0 Å². The first-order valence-corrected chi connectivity index (χ1v) is 13.2. The van der Waals surface area contributed by atoms with Crippen molar-refractivity contribution < 1.29 is 27.8 Å². The van der Waals surface area contributed by atoms with Crippen LogP contribution >= 0.6 is 0 Å². The van der Waals surface area contributed by atoms with Crippen molar-refractivity contribution in [3.8, 4) is 22.6 Å². The van der Waals surface area contributed by atoms with Gasteiger partial charge in [0, 0.05) is 5.56 Å². The zero-order chi connectivity index (χ0) is 26.4. The number of hydrogen-bond acceptors (Lipinski definition) is 3. The van der Waals surface area contributed by atoms with Gasteiger partial charge in [-0.3, -0.25) is 0 Å². The Morgan fingerprint density at radius 1 is 0.865 bits per heavy atom. The molecule has 1 aliphatic rings. The Hall–Kier alpha value is -2.99. The summed E-state index contributed by atoms with van der Waals surface area (Å²) in [5.41, 5.74) is 1.83. The number of rotatable bonds is 10. The third-order valence-corrected chi connectivity index (χ3v) is 7.32. The summed E-state index contributed by atoms with van der Waals surface area (Å²) in [5, 5.41) is 10.3. The molecule has 0 bridgehead atoms. The fraction of sp³-hybridized carbons (Fsp3) is 0.419. The van der Waals surface area contributed by atoms with E-state index < -0.39 is 17.5 Å². The molecule has 0 radical (unpaired) electrons. The quantitative estimate of drug-likeness (QED) is 0.298. The van der Waals surface area contributed by atoms with Crippen molar-refractivity contribution in [3.05, 3.63) is 83.2 Å². The van der Waals surface area contributed by atoms with Crippen LogP contribution < -0.4 is 9.47 Å². The maximum Gasteiger partial charge on any atom is 0.166 e. The summed E-state index contributed by atoms with van der Waals surface area (Å²) < 4.78 is 55.2. The second kappa shape index (κ2) is 12.5. The van der Waals surface area contributed by atoms with Crippen LogP contribution in [0.4, 0.5) is 13.2 Å². The van der Waals surface area contributed by atoms with Gasteiger partial charge < -0.3 is 14.6 Å². The van der Waals surface area contributed by atoms with Gasteiger partial charge in [-0.25, -0.2) is 13.2 Å². The molecule has 0 heterocycles. The van der Waals surface area contributed by atoms with Gasteiger partial charge in [0.2, 0.25) is 0 Å². The summed E-state index contributed by atoms with van der Waals surface area (Å²) in [5.74, 6) is -1.11. The lowest BCUT2D eigenvalue weighted by Crippen LogP contribution is -2.25. The molecule has 1 saturated carbocycles. The van der Waals surface area contributed by atoms with Crippen LogP contribution in [0.3, 0.4) is 0 Å². The van der Waals surface area contributed by atoms with Crippen molar-refractivity contribution in [2.75, 3.05) is 6.61 Å². The molecule has 0 spiro atoms. The van der Waals surface area contributed by atoms with Crippen LogP contribution in [0.5, 0.6) is 11.5 Å². The predicted octanol–water partition coefficient (Wildman–Crippen LogP) is 8.18. The van der Waals surface area contributed by atoms with Gasteiger partial charge in [0.25, 0.3) is 0 Å². The van der Waals surface area contributed by atoms with E-state index in [2.05, 4.69) is 6.92 Å². The third-order valence-electron chi connectivity index (χ3n) is 7.32. The molecule has 1 N–H and O–H groups in total. The van der Waals surface area contributed by atoms with Crippen LogP contribution in [0.1, 0.15) is 69.4 Å². The summed E-state index contributed by atoms with van der Waals surface area (Å²) in [6, 6.07) is 14.8. The number of aliphatic hydroxyl groups excluding tert-OH is 1. The number of hydrogen-bond donors (Lipinski definition) is 1. The predicted molar refractivity (Wildman–Crippen MR) is 139 cm³/mol. The topological polar surface area (TPSA) is 38.7 Å². The van der Waals surface area contributed by atoms with Crippen molar-refractivity contribution in [2.24, 2.45) is 5.92 Å². The molecular formula is C31H35F3O3. The van der Waals surface area contributed by atoms with E-state index in [0.29, 0.717) is 29.0 Å². The molecule has 37 heavy (non-hydrogen) atoms. The van der Waals surface area contributed by atoms with Crippen molar-refractivity contribution in [1.29, 1.82) is 0 Å². The van der Waals surface area contributed by atoms with E-state index in [1.54, 1.807) is 55.5 Å². The first-order valence-electron chi connectivity index (χ1n) is 13.2. The molecular weight excluding hydrogens is 477 g/mol. The average molecular weight is 513 g/mol. The van der Waals surface area contributed by atoms with Gasteiger partial charge in [-0.15, -0.1) is 0 Å². The standard InChI is InChI=1S/C31H35F3O3/c1-3-5-28(35)23-9-7-21(8-10-23)25-15-16-26(31(34)30(25)33)22-11-13-24(14-12-22)37-19-20-6-17-29(36-4-2)27(32)18-20/h6,11-18,21,23,28,35H,3-5,7-10,19H2,1-2H3. The fourth-order valence-corrected chi connectivity index (χ4v) is 5.25. The first-order chi connectivity index (χ1) is 17.9. The molecule has 1 fully saturated rings. The Labute approximate surface area is 217 Å². The third kappa shape index (κ3) is 6.48. The van der Waals surface area contributed by atoms with Gasteiger partial charge in [0.1, 0.15) is 12.4 Å². The largest absolute Gasteiger partial charge is 0.491 e. The minimum absolute atomic E-state index is 0.0307. The number of ether oxygens (including phenoxy) is 2. The Morgan fingerprint density at radius 2 is 1.59 bits per heavy atom. The number of halogens is 3. The van der Waals surface area contributed by atoms with E-state index in [0.717, 1.165) is 38.5 Å². The molecule has 3 aromatic carbocycles. The highest BCUT2D eigenvalue weighted by Crippen LogP contribution is 2.40. The fourth-order valence-electron chi connectivity index (χ4n) is 5.25.